The molecular formula is C18H29ClN2O. The molecule has 124 valence electrons. The van der Waals surface area contributed by atoms with Crippen molar-refractivity contribution in [2.75, 3.05) is 6.54 Å². The summed E-state index contributed by atoms with van der Waals surface area (Å²) in [6, 6.07) is 9.61. The Labute approximate surface area is 140 Å². The number of nitrogens with one attached hydrogen (secondary N) is 1. The molecule has 4 heteroatoms. The minimum absolute atomic E-state index is 0. The molecule has 1 fully saturated rings. The maximum Gasteiger partial charge on any atom is 0.221 e. The first-order valence-electron chi connectivity index (χ1n) is 8.22. The van der Waals surface area contributed by atoms with Gasteiger partial charge in [0.15, 0.2) is 0 Å². The van der Waals surface area contributed by atoms with Crippen molar-refractivity contribution in [2.45, 2.75) is 51.5 Å². The number of carbonyl (C=O) groups excluding carboxylic acids is 1. The fourth-order valence-corrected chi connectivity index (χ4v) is 3.33. The van der Waals surface area contributed by atoms with Crippen LogP contribution in [-0.2, 0) is 4.79 Å². The maximum atomic E-state index is 11.9. The van der Waals surface area contributed by atoms with Gasteiger partial charge in [0.2, 0.25) is 5.91 Å². The molecule has 1 aliphatic carbocycles. The molecule has 0 aliphatic heterocycles. The van der Waals surface area contributed by atoms with Crippen LogP contribution in [0, 0.1) is 11.8 Å². The Bertz CT molecular complexity index is 438. The van der Waals surface area contributed by atoms with E-state index in [0.29, 0.717) is 6.42 Å². The number of rotatable bonds is 6. The lowest BCUT2D eigenvalue weighted by Gasteiger charge is -2.26. The Morgan fingerprint density at radius 2 is 2.05 bits per heavy atom. The van der Waals surface area contributed by atoms with Gasteiger partial charge in [-0.3, -0.25) is 4.79 Å². The van der Waals surface area contributed by atoms with Crippen LogP contribution < -0.4 is 11.1 Å². The van der Waals surface area contributed by atoms with Gasteiger partial charge in [0.05, 0.1) is 0 Å². The van der Waals surface area contributed by atoms with Crippen LogP contribution in [0.15, 0.2) is 30.3 Å². The van der Waals surface area contributed by atoms with Gasteiger partial charge < -0.3 is 11.1 Å². The van der Waals surface area contributed by atoms with Crippen molar-refractivity contribution in [3.8, 4) is 0 Å². The van der Waals surface area contributed by atoms with Gasteiger partial charge in [-0.1, -0.05) is 56.5 Å². The van der Waals surface area contributed by atoms with Crippen molar-refractivity contribution in [3.63, 3.8) is 0 Å². The van der Waals surface area contributed by atoms with Crippen LogP contribution in [0.1, 0.15) is 57.1 Å². The predicted octanol–water partition coefficient (Wildman–Crippen LogP) is 3.83. The van der Waals surface area contributed by atoms with Crippen molar-refractivity contribution in [1.82, 2.24) is 5.32 Å². The Kier molecular flexibility index (Phi) is 8.51. The van der Waals surface area contributed by atoms with E-state index in [4.69, 9.17) is 5.73 Å². The van der Waals surface area contributed by atoms with Crippen molar-refractivity contribution in [2.24, 2.45) is 17.6 Å². The van der Waals surface area contributed by atoms with E-state index in [1.807, 2.05) is 30.3 Å². The van der Waals surface area contributed by atoms with Gasteiger partial charge in [-0.05, 0) is 30.2 Å². The number of nitrogens with two attached hydrogens (primary N) is 1. The van der Waals surface area contributed by atoms with Crippen LogP contribution in [0.3, 0.4) is 0 Å². The van der Waals surface area contributed by atoms with Crippen LogP contribution >= 0.6 is 12.4 Å². The molecule has 1 aromatic carbocycles. The third kappa shape index (κ3) is 6.37. The first-order valence-corrected chi connectivity index (χ1v) is 8.22. The molecule has 0 saturated heterocycles. The Morgan fingerprint density at radius 1 is 1.32 bits per heavy atom. The summed E-state index contributed by atoms with van der Waals surface area (Å²) in [4.78, 5) is 11.9. The van der Waals surface area contributed by atoms with Gasteiger partial charge in [0.1, 0.15) is 0 Å². The quantitative estimate of drug-likeness (QED) is 0.835. The molecule has 0 spiro atoms. The minimum atomic E-state index is -0.207. The van der Waals surface area contributed by atoms with E-state index in [1.165, 1.54) is 25.7 Å². The summed E-state index contributed by atoms with van der Waals surface area (Å²) in [6.45, 7) is 3.13. The second kappa shape index (κ2) is 9.86. The van der Waals surface area contributed by atoms with Gasteiger partial charge in [-0.25, -0.2) is 0 Å². The molecule has 2 rings (SSSR count). The average Bonchev–Trinajstić information content (AvgIpc) is 2.48. The third-order valence-corrected chi connectivity index (χ3v) is 4.55. The SMILES string of the molecule is CC1CCCC(CCNC(=O)CC(N)c2ccccc2)C1.Cl. The van der Waals surface area contributed by atoms with Crippen molar-refractivity contribution in [1.29, 1.82) is 0 Å². The van der Waals surface area contributed by atoms with Gasteiger partial charge in [-0.2, -0.15) is 0 Å². The highest BCUT2D eigenvalue weighted by molar-refractivity contribution is 5.85. The third-order valence-electron chi connectivity index (χ3n) is 4.55. The molecule has 0 bridgehead atoms. The van der Waals surface area contributed by atoms with Gasteiger partial charge in [0, 0.05) is 19.0 Å². The van der Waals surface area contributed by atoms with Crippen LogP contribution in [0.2, 0.25) is 0 Å². The number of amides is 1. The molecule has 3 unspecified atom stereocenters. The molecule has 0 aromatic heterocycles. The molecule has 22 heavy (non-hydrogen) atoms. The number of hydrogen-bond acceptors (Lipinski definition) is 2. The lowest BCUT2D eigenvalue weighted by molar-refractivity contribution is -0.121. The van der Waals surface area contributed by atoms with E-state index in [2.05, 4.69) is 12.2 Å². The number of carbonyl (C=O) groups is 1. The van der Waals surface area contributed by atoms with Crippen LogP contribution in [0.4, 0.5) is 0 Å². The minimum Gasteiger partial charge on any atom is -0.356 e. The van der Waals surface area contributed by atoms with Crippen molar-refractivity contribution < 1.29 is 4.79 Å². The van der Waals surface area contributed by atoms with Crippen LogP contribution in [-0.4, -0.2) is 12.5 Å². The summed E-state index contributed by atoms with van der Waals surface area (Å²) in [7, 11) is 0. The van der Waals surface area contributed by atoms with E-state index >= 15 is 0 Å². The number of benzene rings is 1. The average molecular weight is 325 g/mol. The highest BCUT2D eigenvalue weighted by Gasteiger charge is 2.18. The molecule has 3 nitrogen and oxygen atoms in total. The zero-order valence-corrected chi connectivity index (χ0v) is 14.3. The standard InChI is InChI=1S/C18H28N2O.ClH/c1-14-6-5-7-15(12-14)10-11-20-18(21)13-17(19)16-8-3-2-4-9-16;/h2-4,8-9,14-15,17H,5-7,10-13,19H2,1H3,(H,20,21);1H. The van der Waals surface area contributed by atoms with E-state index in [1.54, 1.807) is 0 Å². The Hall–Kier alpha value is -1.06. The van der Waals surface area contributed by atoms with Crippen LogP contribution in [0.5, 0.6) is 0 Å². The fraction of sp³-hybridized carbons (Fsp3) is 0.611. The van der Waals surface area contributed by atoms with Gasteiger partial charge >= 0.3 is 0 Å². The second-order valence-corrected chi connectivity index (χ2v) is 6.50. The Balaban J connectivity index is 0.00000242. The molecule has 3 atom stereocenters. The number of halogens is 1. The van der Waals surface area contributed by atoms with Crippen molar-refractivity contribution >= 4 is 18.3 Å². The number of hydrogen-bond donors (Lipinski definition) is 2. The lowest BCUT2D eigenvalue weighted by atomic mass is 9.81. The molecule has 1 aromatic rings. The lowest BCUT2D eigenvalue weighted by Crippen LogP contribution is -2.29. The summed E-state index contributed by atoms with van der Waals surface area (Å²) in [6.07, 6.45) is 6.83. The zero-order chi connectivity index (χ0) is 15.1. The largest absolute Gasteiger partial charge is 0.356 e. The second-order valence-electron chi connectivity index (χ2n) is 6.50. The van der Waals surface area contributed by atoms with E-state index in [9.17, 15) is 4.79 Å². The monoisotopic (exact) mass is 324 g/mol. The molecule has 0 radical (unpaired) electrons. The smallest absolute Gasteiger partial charge is 0.221 e. The highest BCUT2D eigenvalue weighted by atomic mass is 35.5. The van der Waals surface area contributed by atoms with Gasteiger partial charge in [0.25, 0.3) is 0 Å². The summed E-state index contributed by atoms with van der Waals surface area (Å²) < 4.78 is 0. The summed E-state index contributed by atoms with van der Waals surface area (Å²) >= 11 is 0. The predicted molar refractivity (Wildman–Crippen MR) is 94.0 cm³/mol. The van der Waals surface area contributed by atoms with Gasteiger partial charge in [-0.15, -0.1) is 12.4 Å². The zero-order valence-electron chi connectivity index (χ0n) is 13.5. The maximum absolute atomic E-state index is 11.9. The van der Waals surface area contributed by atoms with E-state index in [-0.39, 0.29) is 24.4 Å². The molecule has 0 heterocycles. The molecule has 1 amide bonds. The first kappa shape index (κ1) is 19.0. The molecule has 3 N–H and O–H groups in total. The van der Waals surface area contributed by atoms with E-state index in [0.717, 1.165) is 30.4 Å². The highest BCUT2D eigenvalue weighted by Crippen LogP contribution is 2.30. The Morgan fingerprint density at radius 3 is 2.73 bits per heavy atom. The van der Waals surface area contributed by atoms with E-state index < -0.39 is 0 Å². The fourth-order valence-electron chi connectivity index (χ4n) is 3.33. The van der Waals surface area contributed by atoms with Crippen LogP contribution in [0.25, 0.3) is 0 Å². The first-order chi connectivity index (χ1) is 10.1. The normalized spacial score (nSPS) is 22.5. The summed E-state index contributed by atoms with van der Waals surface area (Å²) in [5, 5.41) is 3.03. The summed E-state index contributed by atoms with van der Waals surface area (Å²) in [5.74, 6) is 1.71. The van der Waals surface area contributed by atoms with Crippen molar-refractivity contribution in [3.05, 3.63) is 35.9 Å². The molecule has 1 aliphatic rings. The molecule has 1 saturated carbocycles. The summed E-state index contributed by atoms with van der Waals surface area (Å²) in [5.41, 5.74) is 7.09. The molecular weight excluding hydrogens is 296 g/mol. The topological polar surface area (TPSA) is 55.1 Å².